The Morgan fingerprint density at radius 3 is 2.75 bits per heavy atom. The zero-order valence-electron chi connectivity index (χ0n) is 6.33. The van der Waals surface area contributed by atoms with Crippen LogP contribution in [0.1, 0.15) is 11.3 Å². The van der Waals surface area contributed by atoms with Crippen LogP contribution in [0, 0.1) is 0 Å². The molecule has 0 amide bonds. The summed E-state index contributed by atoms with van der Waals surface area (Å²) in [5.74, 6) is -0.830. The maximum atomic E-state index is 10.3. The predicted molar refractivity (Wildman–Crippen MR) is 48.2 cm³/mol. The first-order chi connectivity index (χ1) is 5.72. The van der Waals surface area contributed by atoms with Gasteiger partial charge in [-0.05, 0) is 11.6 Å². The van der Waals surface area contributed by atoms with Gasteiger partial charge in [-0.1, -0.05) is 22.0 Å². The van der Waals surface area contributed by atoms with E-state index in [0.717, 1.165) is 11.3 Å². The molecule has 0 saturated heterocycles. The molecule has 4 heteroatoms. The Balaban J connectivity index is 2.71. The van der Waals surface area contributed by atoms with E-state index in [1.54, 1.807) is 12.3 Å². The fourth-order valence-corrected chi connectivity index (χ4v) is 1.15. The van der Waals surface area contributed by atoms with E-state index in [1.165, 1.54) is 0 Å². The van der Waals surface area contributed by atoms with Crippen molar-refractivity contribution in [2.24, 2.45) is 0 Å². The molecule has 0 aliphatic carbocycles. The summed E-state index contributed by atoms with van der Waals surface area (Å²) in [5, 5.41) is 9.15. The number of carboxylic acids is 1. The SMILES string of the molecule is O=C(O)Cc1ccc(CBr)nc1. The average Bonchev–Trinajstić information content (AvgIpc) is 2.05. The van der Waals surface area contributed by atoms with Gasteiger partial charge in [0.15, 0.2) is 0 Å². The van der Waals surface area contributed by atoms with Gasteiger partial charge in [0.25, 0.3) is 0 Å². The van der Waals surface area contributed by atoms with Gasteiger partial charge < -0.3 is 5.11 Å². The van der Waals surface area contributed by atoms with Crippen LogP contribution in [0.4, 0.5) is 0 Å². The van der Waals surface area contributed by atoms with Crippen LogP contribution in [-0.4, -0.2) is 16.1 Å². The van der Waals surface area contributed by atoms with Gasteiger partial charge >= 0.3 is 5.97 Å². The Labute approximate surface area is 78.6 Å². The lowest BCUT2D eigenvalue weighted by atomic mass is 10.2. The lowest BCUT2D eigenvalue weighted by molar-refractivity contribution is -0.136. The third kappa shape index (κ3) is 2.62. The summed E-state index contributed by atoms with van der Waals surface area (Å²) >= 11 is 3.25. The molecule has 1 aromatic heterocycles. The van der Waals surface area contributed by atoms with Crippen molar-refractivity contribution >= 4 is 21.9 Å². The molecule has 0 bridgehead atoms. The van der Waals surface area contributed by atoms with Crippen LogP contribution in [0.5, 0.6) is 0 Å². The maximum Gasteiger partial charge on any atom is 0.307 e. The van der Waals surface area contributed by atoms with Crippen molar-refractivity contribution in [3.05, 3.63) is 29.6 Å². The molecule has 0 spiro atoms. The van der Waals surface area contributed by atoms with E-state index in [1.807, 2.05) is 6.07 Å². The van der Waals surface area contributed by atoms with Crippen LogP contribution in [0.2, 0.25) is 0 Å². The smallest absolute Gasteiger partial charge is 0.307 e. The number of aliphatic carboxylic acids is 1. The number of halogens is 1. The molecule has 0 saturated carbocycles. The quantitative estimate of drug-likeness (QED) is 0.802. The molecule has 64 valence electrons. The number of nitrogens with zero attached hydrogens (tertiary/aromatic N) is 1. The largest absolute Gasteiger partial charge is 0.481 e. The maximum absolute atomic E-state index is 10.3. The number of carboxylic acid groups (broad SMARTS) is 1. The molecule has 0 radical (unpaired) electrons. The zero-order chi connectivity index (χ0) is 8.97. The topological polar surface area (TPSA) is 50.2 Å². The molecule has 1 aromatic rings. The summed E-state index contributed by atoms with van der Waals surface area (Å²) in [6.07, 6.45) is 1.63. The molecule has 12 heavy (non-hydrogen) atoms. The third-order valence-corrected chi connectivity index (χ3v) is 1.95. The molecule has 0 aromatic carbocycles. The Bertz CT molecular complexity index is 271. The Morgan fingerprint density at radius 2 is 2.33 bits per heavy atom. The van der Waals surface area contributed by atoms with Gasteiger partial charge in [0.05, 0.1) is 12.1 Å². The highest BCUT2D eigenvalue weighted by atomic mass is 79.9. The van der Waals surface area contributed by atoms with Gasteiger partial charge in [0.2, 0.25) is 0 Å². The molecule has 0 aliphatic rings. The number of rotatable bonds is 3. The summed E-state index contributed by atoms with van der Waals surface area (Å²) < 4.78 is 0. The zero-order valence-corrected chi connectivity index (χ0v) is 7.91. The molecule has 1 N–H and O–H groups in total. The molecular weight excluding hydrogens is 222 g/mol. The minimum Gasteiger partial charge on any atom is -0.481 e. The van der Waals surface area contributed by atoms with Gasteiger partial charge in [0.1, 0.15) is 0 Å². The summed E-state index contributed by atoms with van der Waals surface area (Å²) in [5.41, 5.74) is 1.64. The first kappa shape index (κ1) is 9.19. The van der Waals surface area contributed by atoms with Crippen LogP contribution >= 0.6 is 15.9 Å². The van der Waals surface area contributed by atoms with E-state index in [2.05, 4.69) is 20.9 Å². The Kier molecular flexibility index (Phi) is 3.22. The van der Waals surface area contributed by atoms with Crippen molar-refractivity contribution in [1.29, 1.82) is 0 Å². The number of alkyl halides is 1. The molecule has 1 heterocycles. The normalized spacial score (nSPS) is 9.75. The monoisotopic (exact) mass is 229 g/mol. The molecule has 0 aliphatic heterocycles. The summed E-state index contributed by atoms with van der Waals surface area (Å²) in [6, 6.07) is 3.59. The second kappa shape index (κ2) is 4.21. The number of carbonyl (C=O) groups is 1. The third-order valence-electron chi connectivity index (χ3n) is 1.38. The van der Waals surface area contributed by atoms with Gasteiger partial charge in [0, 0.05) is 11.5 Å². The first-order valence-electron chi connectivity index (χ1n) is 3.44. The van der Waals surface area contributed by atoms with E-state index in [9.17, 15) is 4.79 Å². The highest BCUT2D eigenvalue weighted by Crippen LogP contribution is 2.04. The van der Waals surface area contributed by atoms with Crippen molar-refractivity contribution in [3.63, 3.8) is 0 Å². The fraction of sp³-hybridized carbons (Fsp3) is 0.250. The van der Waals surface area contributed by atoms with Crippen molar-refractivity contribution < 1.29 is 9.90 Å². The predicted octanol–water partition coefficient (Wildman–Crippen LogP) is 1.60. The van der Waals surface area contributed by atoms with Crippen LogP contribution in [0.3, 0.4) is 0 Å². The van der Waals surface area contributed by atoms with Crippen molar-refractivity contribution in [2.45, 2.75) is 11.8 Å². The highest BCUT2D eigenvalue weighted by molar-refractivity contribution is 9.08. The second-order valence-electron chi connectivity index (χ2n) is 2.36. The van der Waals surface area contributed by atoms with Crippen molar-refractivity contribution in [1.82, 2.24) is 4.98 Å². The average molecular weight is 230 g/mol. The van der Waals surface area contributed by atoms with Gasteiger partial charge in [-0.2, -0.15) is 0 Å². The van der Waals surface area contributed by atoms with Crippen molar-refractivity contribution in [3.8, 4) is 0 Å². The van der Waals surface area contributed by atoms with Crippen LogP contribution in [-0.2, 0) is 16.5 Å². The van der Waals surface area contributed by atoms with E-state index in [4.69, 9.17) is 5.11 Å². The summed E-state index contributed by atoms with van der Waals surface area (Å²) in [6.45, 7) is 0. The van der Waals surface area contributed by atoms with Crippen LogP contribution < -0.4 is 0 Å². The molecule has 0 atom stereocenters. The number of hydrogen-bond donors (Lipinski definition) is 1. The first-order valence-corrected chi connectivity index (χ1v) is 4.56. The number of pyridine rings is 1. The fourth-order valence-electron chi connectivity index (χ4n) is 0.813. The summed E-state index contributed by atoms with van der Waals surface area (Å²) in [7, 11) is 0. The second-order valence-corrected chi connectivity index (χ2v) is 2.92. The lowest BCUT2D eigenvalue weighted by Crippen LogP contribution is -2.00. The minimum atomic E-state index is -0.830. The number of hydrogen-bond acceptors (Lipinski definition) is 2. The van der Waals surface area contributed by atoms with Crippen molar-refractivity contribution in [2.75, 3.05) is 0 Å². The van der Waals surface area contributed by atoms with E-state index < -0.39 is 5.97 Å². The number of aromatic nitrogens is 1. The Morgan fingerprint density at radius 1 is 1.58 bits per heavy atom. The van der Waals surface area contributed by atoms with Gasteiger partial charge in [-0.25, -0.2) is 0 Å². The lowest BCUT2D eigenvalue weighted by Gasteiger charge is -1.97. The van der Waals surface area contributed by atoms with Gasteiger partial charge in [-0.15, -0.1) is 0 Å². The molecular formula is C8H8BrNO2. The standard InChI is InChI=1S/C8H8BrNO2/c9-4-7-2-1-6(5-10-7)3-8(11)12/h1-2,5H,3-4H2,(H,11,12). The summed E-state index contributed by atoms with van der Waals surface area (Å²) in [4.78, 5) is 14.3. The molecule has 3 nitrogen and oxygen atoms in total. The van der Waals surface area contributed by atoms with Gasteiger partial charge in [-0.3, -0.25) is 9.78 Å². The van der Waals surface area contributed by atoms with Crippen LogP contribution in [0.15, 0.2) is 18.3 Å². The molecule has 0 unspecified atom stereocenters. The Hall–Kier alpha value is -0.900. The van der Waals surface area contributed by atoms with E-state index in [-0.39, 0.29) is 6.42 Å². The van der Waals surface area contributed by atoms with E-state index >= 15 is 0 Å². The minimum absolute atomic E-state index is 0.0373. The molecule has 1 rings (SSSR count). The highest BCUT2D eigenvalue weighted by Gasteiger charge is 1.99. The van der Waals surface area contributed by atoms with Crippen LogP contribution in [0.25, 0.3) is 0 Å². The van der Waals surface area contributed by atoms with E-state index in [0.29, 0.717) is 5.33 Å². The molecule has 0 fully saturated rings.